The second-order valence-corrected chi connectivity index (χ2v) is 5.59. The summed E-state index contributed by atoms with van der Waals surface area (Å²) in [5.74, 6) is 1.23. The largest absolute Gasteiger partial charge is 0.507 e. The molecule has 1 heterocycles. The summed E-state index contributed by atoms with van der Waals surface area (Å²) >= 11 is 0. The molecule has 0 spiro atoms. The number of benzene rings is 1. The van der Waals surface area contributed by atoms with Gasteiger partial charge in [0.05, 0.1) is 0 Å². The van der Waals surface area contributed by atoms with E-state index in [9.17, 15) is 5.11 Å². The number of likely N-dealkylation sites (tertiary alicyclic amines) is 1. The van der Waals surface area contributed by atoms with Crippen molar-refractivity contribution in [2.24, 2.45) is 5.92 Å². The van der Waals surface area contributed by atoms with Gasteiger partial charge in [-0.2, -0.15) is 0 Å². The van der Waals surface area contributed by atoms with Crippen molar-refractivity contribution in [3.63, 3.8) is 0 Å². The number of nitrogens with zero attached hydrogens (tertiary/aromatic N) is 1. The summed E-state index contributed by atoms with van der Waals surface area (Å²) in [5, 5.41) is 13.4. The number of phenolic OH excluding ortho intramolecular Hbond substituents is 1. The lowest BCUT2D eigenvalue weighted by Crippen LogP contribution is -2.36. The van der Waals surface area contributed by atoms with E-state index in [1.807, 2.05) is 25.1 Å². The molecule has 1 saturated heterocycles. The van der Waals surface area contributed by atoms with Gasteiger partial charge in [0.2, 0.25) is 0 Å². The molecule has 3 nitrogen and oxygen atoms in total. The smallest absolute Gasteiger partial charge is 0.122 e. The van der Waals surface area contributed by atoms with Gasteiger partial charge in [0.15, 0.2) is 0 Å². The molecule has 1 aliphatic heterocycles. The van der Waals surface area contributed by atoms with Gasteiger partial charge in [-0.15, -0.1) is 0 Å². The standard InChI is InChI=1S/C16H26N2O/c1-3-18-9-7-14(8-10-18)11-17-12-15-6-4-5-13(2)16(15)19/h4-6,14,17,19H,3,7-12H2,1-2H3. The van der Waals surface area contributed by atoms with Crippen LogP contribution in [-0.4, -0.2) is 36.2 Å². The molecule has 1 aliphatic rings. The van der Waals surface area contributed by atoms with E-state index in [0.717, 1.165) is 30.1 Å². The van der Waals surface area contributed by atoms with Crippen molar-refractivity contribution in [1.29, 1.82) is 0 Å². The molecule has 3 heteroatoms. The summed E-state index contributed by atoms with van der Waals surface area (Å²) in [6.45, 7) is 9.65. The third-order valence-corrected chi connectivity index (χ3v) is 4.22. The van der Waals surface area contributed by atoms with Crippen LogP contribution in [0.3, 0.4) is 0 Å². The monoisotopic (exact) mass is 262 g/mol. The molecule has 0 amide bonds. The van der Waals surface area contributed by atoms with Gasteiger partial charge >= 0.3 is 0 Å². The Morgan fingerprint density at radius 1 is 1.32 bits per heavy atom. The lowest BCUT2D eigenvalue weighted by atomic mass is 9.96. The van der Waals surface area contributed by atoms with Gasteiger partial charge in [-0.3, -0.25) is 0 Å². The highest BCUT2D eigenvalue weighted by Gasteiger charge is 2.17. The zero-order chi connectivity index (χ0) is 13.7. The first kappa shape index (κ1) is 14.4. The molecule has 1 fully saturated rings. The average molecular weight is 262 g/mol. The molecule has 19 heavy (non-hydrogen) atoms. The van der Waals surface area contributed by atoms with Crippen LogP contribution in [-0.2, 0) is 6.54 Å². The third kappa shape index (κ3) is 3.95. The fourth-order valence-corrected chi connectivity index (χ4v) is 2.78. The van der Waals surface area contributed by atoms with Crippen molar-refractivity contribution in [3.05, 3.63) is 29.3 Å². The molecule has 1 aromatic carbocycles. The second kappa shape index (κ2) is 6.92. The Hall–Kier alpha value is -1.06. The second-order valence-electron chi connectivity index (χ2n) is 5.59. The summed E-state index contributed by atoms with van der Waals surface area (Å²) in [4.78, 5) is 2.52. The predicted molar refractivity (Wildman–Crippen MR) is 79.4 cm³/mol. The van der Waals surface area contributed by atoms with Crippen LogP contribution in [0.2, 0.25) is 0 Å². The normalized spacial score (nSPS) is 17.8. The van der Waals surface area contributed by atoms with Crippen LogP contribution in [0.15, 0.2) is 18.2 Å². The summed E-state index contributed by atoms with van der Waals surface area (Å²) in [5.41, 5.74) is 1.96. The molecule has 0 atom stereocenters. The molecule has 0 saturated carbocycles. The minimum atomic E-state index is 0.441. The number of phenols is 1. The molecule has 1 aromatic rings. The number of hydrogen-bond acceptors (Lipinski definition) is 3. The molecule has 0 aromatic heterocycles. The maximum Gasteiger partial charge on any atom is 0.122 e. The number of piperidine rings is 1. The number of aryl methyl sites for hydroxylation is 1. The van der Waals surface area contributed by atoms with Gasteiger partial charge in [0, 0.05) is 12.1 Å². The highest BCUT2D eigenvalue weighted by Crippen LogP contribution is 2.21. The number of nitrogens with one attached hydrogen (secondary N) is 1. The molecule has 2 N–H and O–H groups in total. The van der Waals surface area contributed by atoms with Crippen molar-refractivity contribution in [1.82, 2.24) is 10.2 Å². The Morgan fingerprint density at radius 3 is 2.74 bits per heavy atom. The van der Waals surface area contributed by atoms with E-state index in [1.54, 1.807) is 0 Å². The first-order valence-corrected chi connectivity index (χ1v) is 7.41. The SMILES string of the molecule is CCN1CCC(CNCc2cccc(C)c2O)CC1. The third-order valence-electron chi connectivity index (χ3n) is 4.22. The van der Waals surface area contributed by atoms with Gasteiger partial charge < -0.3 is 15.3 Å². The molecule has 0 unspecified atom stereocenters. The van der Waals surface area contributed by atoms with Crippen LogP contribution in [0.25, 0.3) is 0 Å². The van der Waals surface area contributed by atoms with Crippen LogP contribution in [0.4, 0.5) is 0 Å². The predicted octanol–water partition coefficient (Wildman–Crippen LogP) is 2.52. The van der Waals surface area contributed by atoms with Crippen LogP contribution >= 0.6 is 0 Å². The van der Waals surface area contributed by atoms with E-state index in [0.29, 0.717) is 5.75 Å². The first-order chi connectivity index (χ1) is 9.20. The summed E-state index contributed by atoms with van der Waals surface area (Å²) in [6.07, 6.45) is 2.58. The quantitative estimate of drug-likeness (QED) is 0.856. The number of rotatable bonds is 5. The zero-order valence-corrected chi connectivity index (χ0v) is 12.2. The van der Waals surface area contributed by atoms with Gasteiger partial charge in [-0.25, -0.2) is 0 Å². The average Bonchev–Trinajstić information content (AvgIpc) is 2.44. The van der Waals surface area contributed by atoms with E-state index in [4.69, 9.17) is 0 Å². The Labute approximate surface area is 116 Å². The van der Waals surface area contributed by atoms with E-state index in [-0.39, 0.29) is 0 Å². The number of hydrogen-bond donors (Lipinski definition) is 2. The van der Waals surface area contributed by atoms with Crippen LogP contribution in [0.5, 0.6) is 5.75 Å². The van der Waals surface area contributed by atoms with Crippen LogP contribution in [0, 0.1) is 12.8 Å². The van der Waals surface area contributed by atoms with Crippen molar-refractivity contribution in [3.8, 4) is 5.75 Å². The zero-order valence-electron chi connectivity index (χ0n) is 12.2. The van der Waals surface area contributed by atoms with Gasteiger partial charge in [-0.1, -0.05) is 25.1 Å². The van der Waals surface area contributed by atoms with Gasteiger partial charge in [0.1, 0.15) is 5.75 Å². The highest BCUT2D eigenvalue weighted by atomic mass is 16.3. The van der Waals surface area contributed by atoms with Crippen molar-refractivity contribution >= 4 is 0 Å². The molecule has 2 rings (SSSR count). The maximum absolute atomic E-state index is 9.95. The fourth-order valence-electron chi connectivity index (χ4n) is 2.78. The summed E-state index contributed by atoms with van der Waals surface area (Å²) in [6, 6.07) is 5.94. The van der Waals surface area contributed by atoms with Crippen molar-refractivity contribution in [2.75, 3.05) is 26.2 Å². The molecule has 0 aliphatic carbocycles. The van der Waals surface area contributed by atoms with Gasteiger partial charge in [0.25, 0.3) is 0 Å². The number of aromatic hydroxyl groups is 1. The van der Waals surface area contributed by atoms with Crippen LogP contribution < -0.4 is 5.32 Å². The molecule has 0 radical (unpaired) electrons. The first-order valence-electron chi connectivity index (χ1n) is 7.41. The van der Waals surface area contributed by atoms with E-state index in [2.05, 4.69) is 17.1 Å². The number of para-hydroxylation sites is 1. The molecular weight excluding hydrogens is 236 g/mol. The van der Waals surface area contributed by atoms with Crippen LogP contribution in [0.1, 0.15) is 30.9 Å². The molecule has 106 valence electrons. The Morgan fingerprint density at radius 2 is 2.05 bits per heavy atom. The minimum Gasteiger partial charge on any atom is -0.507 e. The molecular formula is C16H26N2O. The van der Waals surface area contributed by atoms with E-state index >= 15 is 0 Å². The van der Waals surface area contributed by atoms with Crippen molar-refractivity contribution < 1.29 is 5.11 Å². The fraction of sp³-hybridized carbons (Fsp3) is 0.625. The summed E-state index contributed by atoms with van der Waals surface area (Å²) < 4.78 is 0. The topological polar surface area (TPSA) is 35.5 Å². The minimum absolute atomic E-state index is 0.441. The van der Waals surface area contributed by atoms with E-state index < -0.39 is 0 Å². The molecule has 0 bridgehead atoms. The van der Waals surface area contributed by atoms with E-state index in [1.165, 1.54) is 32.5 Å². The van der Waals surface area contributed by atoms with Gasteiger partial charge in [-0.05, 0) is 57.4 Å². The lowest BCUT2D eigenvalue weighted by molar-refractivity contribution is 0.190. The summed E-state index contributed by atoms with van der Waals surface area (Å²) in [7, 11) is 0. The van der Waals surface area contributed by atoms with Crippen molar-refractivity contribution in [2.45, 2.75) is 33.2 Å². The maximum atomic E-state index is 9.95. The Bertz CT molecular complexity index is 398. The Balaban J connectivity index is 1.74. The lowest BCUT2D eigenvalue weighted by Gasteiger charge is -2.31. The highest BCUT2D eigenvalue weighted by molar-refractivity contribution is 5.39. The Kier molecular flexibility index (Phi) is 5.23.